The molecule has 8 heteroatoms. The molecular weight excluding hydrogens is 376 g/mol. The lowest BCUT2D eigenvalue weighted by atomic mass is 10.1. The second-order valence-electron chi connectivity index (χ2n) is 6.49. The van der Waals surface area contributed by atoms with Gasteiger partial charge in [0.05, 0.1) is 12.2 Å². The number of furan rings is 1. The van der Waals surface area contributed by atoms with Gasteiger partial charge < -0.3 is 9.15 Å². The second-order valence-corrected chi connectivity index (χ2v) is 6.49. The Labute approximate surface area is 167 Å². The highest BCUT2D eigenvalue weighted by Gasteiger charge is 2.38. The van der Waals surface area contributed by atoms with Crippen LogP contribution in [0.5, 0.6) is 0 Å². The molecule has 2 aromatic rings. The summed E-state index contributed by atoms with van der Waals surface area (Å²) in [5, 5.41) is 0. The third-order valence-electron chi connectivity index (χ3n) is 4.38. The van der Waals surface area contributed by atoms with E-state index >= 15 is 0 Å². The Kier molecular flexibility index (Phi) is 5.63. The summed E-state index contributed by atoms with van der Waals surface area (Å²) in [6.45, 7) is 2.25. The van der Waals surface area contributed by atoms with Crippen molar-refractivity contribution in [1.82, 2.24) is 9.80 Å². The van der Waals surface area contributed by atoms with E-state index < -0.39 is 23.8 Å². The number of carbonyl (C=O) groups excluding carboxylic acids is 4. The zero-order valence-corrected chi connectivity index (χ0v) is 16.3. The molecule has 0 unspecified atom stereocenters. The predicted molar refractivity (Wildman–Crippen MR) is 104 cm³/mol. The van der Waals surface area contributed by atoms with Crippen molar-refractivity contribution in [1.29, 1.82) is 0 Å². The number of imide groups is 2. The van der Waals surface area contributed by atoms with E-state index in [1.54, 1.807) is 36.4 Å². The first-order valence-electron chi connectivity index (χ1n) is 9.02. The molecule has 29 heavy (non-hydrogen) atoms. The van der Waals surface area contributed by atoms with E-state index in [2.05, 4.69) is 0 Å². The number of nitrogens with zero attached hydrogens (tertiary/aromatic N) is 2. The third-order valence-corrected chi connectivity index (χ3v) is 4.38. The second kappa shape index (κ2) is 8.14. The fourth-order valence-corrected chi connectivity index (χ4v) is 2.78. The summed E-state index contributed by atoms with van der Waals surface area (Å²) in [6.07, 6.45) is 2.03. The summed E-state index contributed by atoms with van der Waals surface area (Å²) < 4.78 is 10.9. The molecule has 1 aromatic heterocycles. The third kappa shape index (κ3) is 3.96. The Hall–Kier alpha value is -3.68. The maximum absolute atomic E-state index is 12.3. The van der Waals surface area contributed by atoms with Gasteiger partial charge >= 0.3 is 12.0 Å². The summed E-state index contributed by atoms with van der Waals surface area (Å²) in [4.78, 5) is 50.1. The van der Waals surface area contributed by atoms with E-state index in [1.165, 1.54) is 20.2 Å². The zero-order chi connectivity index (χ0) is 21.1. The minimum Gasteiger partial charge on any atom is -0.462 e. The standard InChI is InChI=1S/C21H20N2O6/c1-4-10-28-20(26)14-7-5-6-13(11-14)17-9-8-15(29-17)12-16-18(24)22(2)21(27)23(3)19(16)25/h5-9,11-12H,4,10H2,1-3H3. The van der Waals surface area contributed by atoms with E-state index in [1.807, 2.05) is 6.92 Å². The molecule has 0 bridgehead atoms. The highest BCUT2D eigenvalue weighted by Crippen LogP contribution is 2.26. The molecular formula is C21H20N2O6. The zero-order valence-electron chi connectivity index (χ0n) is 16.3. The number of esters is 1. The Morgan fingerprint density at radius 3 is 2.41 bits per heavy atom. The van der Waals surface area contributed by atoms with Gasteiger partial charge in [0.2, 0.25) is 0 Å². The average molecular weight is 396 g/mol. The van der Waals surface area contributed by atoms with Crippen molar-refractivity contribution >= 4 is 29.9 Å². The van der Waals surface area contributed by atoms with Crippen LogP contribution >= 0.6 is 0 Å². The molecule has 1 aliphatic heterocycles. The highest BCUT2D eigenvalue weighted by atomic mass is 16.5. The summed E-state index contributed by atoms with van der Waals surface area (Å²) in [5.74, 6) is -1.09. The number of hydrogen-bond acceptors (Lipinski definition) is 6. The predicted octanol–water partition coefficient (Wildman–Crippen LogP) is 2.95. The van der Waals surface area contributed by atoms with Gasteiger partial charge in [-0.15, -0.1) is 0 Å². The number of ether oxygens (including phenoxy) is 1. The first-order chi connectivity index (χ1) is 13.8. The molecule has 0 radical (unpaired) electrons. The van der Waals surface area contributed by atoms with Gasteiger partial charge in [-0.3, -0.25) is 19.4 Å². The number of likely N-dealkylation sites (N-methyl/N-ethyl adjacent to an activating group) is 2. The van der Waals surface area contributed by atoms with E-state index in [4.69, 9.17) is 9.15 Å². The van der Waals surface area contributed by atoms with Crippen LogP contribution in [0.1, 0.15) is 29.5 Å². The molecule has 1 saturated heterocycles. The number of hydrogen-bond donors (Lipinski definition) is 0. The largest absolute Gasteiger partial charge is 0.462 e. The fourth-order valence-electron chi connectivity index (χ4n) is 2.78. The minimum atomic E-state index is -0.697. The highest BCUT2D eigenvalue weighted by molar-refractivity contribution is 6.30. The maximum Gasteiger partial charge on any atom is 0.338 e. The Morgan fingerprint density at radius 2 is 1.76 bits per heavy atom. The molecule has 1 aliphatic rings. The smallest absolute Gasteiger partial charge is 0.338 e. The van der Waals surface area contributed by atoms with Crippen molar-refractivity contribution in [3.63, 3.8) is 0 Å². The average Bonchev–Trinajstić information content (AvgIpc) is 3.21. The number of amides is 4. The van der Waals surface area contributed by atoms with Gasteiger partial charge in [0.25, 0.3) is 11.8 Å². The quantitative estimate of drug-likeness (QED) is 0.438. The number of barbiturate groups is 1. The minimum absolute atomic E-state index is 0.174. The summed E-state index contributed by atoms with van der Waals surface area (Å²) in [6, 6.07) is 9.34. The van der Waals surface area contributed by atoms with Crippen LogP contribution in [-0.4, -0.2) is 54.3 Å². The van der Waals surface area contributed by atoms with Crippen LogP contribution < -0.4 is 0 Å². The molecule has 4 amide bonds. The SMILES string of the molecule is CCCOC(=O)c1cccc(-c2ccc(C=C3C(=O)N(C)C(=O)N(C)C3=O)o2)c1. The van der Waals surface area contributed by atoms with E-state index in [9.17, 15) is 19.2 Å². The van der Waals surface area contributed by atoms with E-state index in [-0.39, 0.29) is 11.3 Å². The molecule has 1 aromatic carbocycles. The topological polar surface area (TPSA) is 97.1 Å². The Balaban J connectivity index is 1.87. The molecule has 0 atom stereocenters. The van der Waals surface area contributed by atoms with Crippen molar-refractivity contribution in [2.45, 2.75) is 13.3 Å². The van der Waals surface area contributed by atoms with Crippen LogP contribution in [-0.2, 0) is 14.3 Å². The van der Waals surface area contributed by atoms with Gasteiger partial charge in [0, 0.05) is 19.7 Å². The van der Waals surface area contributed by atoms with Crippen LogP contribution in [0, 0.1) is 0 Å². The first-order valence-corrected chi connectivity index (χ1v) is 9.02. The number of carbonyl (C=O) groups is 4. The molecule has 0 N–H and O–H groups in total. The summed E-state index contributed by atoms with van der Waals surface area (Å²) in [5.41, 5.74) is 0.866. The van der Waals surface area contributed by atoms with Crippen molar-refractivity contribution in [3.8, 4) is 11.3 Å². The number of benzene rings is 1. The Morgan fingerprint density at radius 1 is 1.07 bits per heavy atom. The normalized spacial score (nSPS) is 14.4. The van der Waals surface area contributed by atoms with Crippen LogP contribution in [0.3, 0.4) is 0 Å². The molecule has 0 spiro atoms. The van der Waals surface area contributed by atoms with E-state index in [0.29, 0.717) is 23.5 Å². The number of urea groups is 1. The van der Waals surface area contributed by atoms with Crippen LogP contribution in [0.15, 0.2) is 46.4 Å². The molecule has 2 heterocycles. The van der Waals surface area contributed by atoms with Crippen LogP contribution in [0.2, 0.25) is 0 Å². The lowest BCUT2D eigenvalue weighted by Crippen LogP contribution is -2.52. The van der Waals surface area contributed by atoms with Gasteiger partial charge in [-0.1, -0.05) is 19.1 Å². The lowest BCUT2D eigenvalue weighted by molar-refractivity contribution is -0.134. The van der Waals surface area contributed by atoms with Gasteiger partial charge in [-0.05, 0) is 36.8 Å². The van der Waals surface area contributed by atoms with Gasteiger partial charge in [-0.2, -0.15) is 0 Å². The van der Waals surface area contributed by atoms with Crippen molar-refractivity contribution < 1.29 is 28.3 Å². The van der Waals surface area contributed by atoms with Crippen molar-refractivity contribution in [3.05, 3.63) is 53.3 Å². The van der Waals surface area contributed by atoms with E-state index in [0.717, 1.165) is 16.2 Å². The summed E-state index contributed by atoms with van der Waals surface area (Å²) >= 11 is 0. The maximum atomic E-state index is 12.3. The number of rotatable bonds is 5. The van der Waals surface area contributed by atoms with Gasteiger partial charge in [-0.25, -0.2) is 9.59 Å². The first kappa shape index (κ1) is 20.1. The fraction of sp³-hybridized carbons (Fsp3) is 0.238. The van der Waals surface area contributed by atoms with Crippen LogP contribution in [0.4, 0.5) is 4.79 Å². The van der Waals surface area contributed by atoms with Crippen LogP contribution in [0.25, 0.3) is 17.4 Å². The van der Waals surface area contributed by atoms with Crippen molar-refractivity contribution in [2.24, 2.45) is 0 Å². The monoisotopic (exact) mass is 396 g/mol. The van der Waals surface area contributed by atoms with Crippen molar-refractivity contribution in [2.75, 3.05) is 20.7 Å². The molecule has 8 nitrogen and oxygen atoms in total. The van der Waals surface area contributed by atoms with Gasteiger partial charge in [0.1, 0.15) is 17.1 Å². The molecule has 3 rings (SSSR count). The Bertz CT molecular complexity index is 994. The molecule has 0 aliphatic carbocycles. The molecule has 150 valence electrons. The molecule has 0 saturated carbocycles. The molecule has 1 fully saturated rings. The van der Waals surface area contributed by atoms with Gasteiger partial charge in [0.15, 0.2) is 0 Å². The summed E-state index contributed by atoms with van der Waals surface area (Å²) in [7, 11) is 2.61. The lowest BCUT2D eigenvalue weighted by Gasteiger charge is -2.28.